The molecule has 0 bridgehead atoms. The molecule has 1 saturated heterocycles. The standard InChI is InChI=1S/C27H22ClFN8O2/c28-18-4-7-21(36-13-31-34-35-36)25(26(18)29)16-10-17-3-6-22(37(17)24(39)11-16)27-30-12-20(33-27)15-1-5-19-14(9-15)2-8-23(38)32-19/h1,4-5,7,9,11-13,17,22H,2-3,6,8,10H2,(H,30,33)(H,32,38)/t17-,22-/m0/s1. The SMILES string of the molecule is O=C1CCc2cc(-c3cnc([C@@H]4CC[C@H]5CC(c6c(-n7cnnn7)ccc(Cl)c6F)=CC(=O)N54)[nH]3)ccc2N1. The lowest BCUT2D eigenvalue weighted by atomic mass is 9.92. The van der Waals surface area contributed by atoms with Crippen molar-refractivity contribution in [1.82, 2.24) is 35.1 Å². The zero-order valence-electron chi connectivity index (χ0n) is 20.6. The molecule has 39 heavy (non-hydrogen) atoms. The van der Waals surface area contributed by atoms with Crippen molar-refractivity contribution in [3.05, 3.63) is 76.7 Å². The number of nitrogens with zero attached hydrogens (tertiary/aromatic N) is 6. The Hall–Kier alpha value is -4.38. The Morgan fingerprint density at radius 3 is 2.85 bits per heavy atom. The highest BCUT2D eigenvalue weighted by Gasteiger charge is 2.42. The van der Waals surface area contributed by atoms with E-state index >= 15 is 4.39 Å². The van der Waals surface area contributed by atoms with Crippen molar-refractivity contribution in [1.29, 1.82) is 0 Å². The Morgan fingerprint density at radius 1 is 1.10 bits per heavy atom. The van der Waals surface area contributed by atoms with E-state index < -0.39 is 5.82 Å². The maximum absolute atomic E-state index is 15.3. The summed E-state index contributed by atoms with van der Waals surface area (Å²) in [4.78, 5) is 35.0. The van der Waals surface area contributed by atoms with E-state index in [1.807, 2.05) is 17.0 Å². The van der Waals surface area contributed by atoms with Crippen LogP contribution in [0.2, 0.25) is 5.02 Å². The number of aromatic amines is 1. The van der Waals surface area contributed by atoms with E-state index in [0.717, 1.165) is 35.3 Å². The number of hydrogen-bond donors (Lipinski definition) is 2. The van der Waals surface area contributed by atoms with Crippen LogP contribution in [0.3, 0.4) is 0 Å². The largest absolute Gasteiger partial charge is 0.340 e. The quantitative estimate of drug-likeness (QED) is 0.396. The highest BCUT2D eigenvalue weighted by molar-refractivity contribution is 6.31. The number of tetrazole rings is 1. The number of halogens is 2. The summed E-state index contributed by atoms with van der Waals surface area (Å²) < 4.78 is 16.7. The summed E-state index contributed by atoms with van der Waals surface area (Å²) in [5, 5.41) is 14.1. The van der Waals surface area contributed by atoms with E-state index in [9.17, 15) is 9.59 Å². The average molecular weight is 545 g/mol. The summed E-state index contributed by atoms with van der Waals surface area (Å²) in [5.74, 6) is -0.0599. The number of H-pyrrole nitrogens is 1. The molecule has 196 valence electrons. The summed E-state index contributed by atoms with van der Waals surface area (Å²) in [5.41, 5.74) is 4.96. The van der Waals surface area contributed by atoms with Crippen molar-refractivity contribution in [2.75, 3.05) is 5.32 Å². The fourth-order valence-electron chi connectivity index (χ4n) is 5.91. The van der Waals surface area contributed by atoms with Crippen molar-refractivity contribution < 1.29 is 14.0 Å². The van der Waals surface area contributed by atoms with Gasteiger partial charge in [0, 0.05) is 29.8 Å². The summed E-state index contributed by atoms with van der Waals surface area (Å²) in [6.07, 6.45) is 7.77. The van der Waals surface area contributed by atoms with Crippen LogP contribution in [0.15, 0.2) is 48.9 Å². The third-order valence-corrected chi connectivity index (χ3v) is 8.01. The van der Waals surface area contributed by atoms with Crippen molar-refractivity contribution in [2.24, 2.45) is 0 Å². The topological polar surface area (TPSA) is 122 Å². The van der Waals surface area contributed by atoms with Gasteiger partial charge in [0.15, 0.2) is 5.82 Å². The number of imidazole rings is 1. The van der Waals surface area contributed by atoms with Gasteiger partial charge in [-0.3, -0.25) is 9.59 Å². The molecule has 2 atom stereocenters. The summed E-state index contributed by atoms with van der Waals surface area (Å²) in [7, 11) is 0. The van der Waals surface area contributed by atoms with Crippen LogP contribution in [0.5, 0.6) is 0 Å². The molecule has 0 radical (unpaired) electrons. The van der Waals surface area contributed by atoms with Crippen LogP contribution >= 0.6 is 11.6 Å². The van der Waals surface area contributed by atoms with Crippen LogP contribution in [-0.4, -0.2) is 52.9 Å². The second kappa shape index (κ2) is 9.12. The Kier molecular flexibility index (Phi) is 5.55. The minimum atomic E-state index is -0.605. The number of hydrogen-bond acceptors (Lipinski definition) is 6. The molecular formula is C27H22ClFN8O2. The van der Waals surface area contributed by atoms with Gasteiger partial charge in [0.1, 0.15) is 12.2 Å². The first-order chi connectivity index (χ1) is 19.0. The van der Waals surface area contributed by atoms with Gasteiger partial charge in [-0.1, -0.05) is 17.7 Å². The van der Waals surface area contributed by atoms with E-state index in [4.69, 9.17) is 11.6 Å². The Labute approximate surface area is 226 Å². The Balaban J connectivity index is 1.18. The number of anilines is 1. The number of carbonyl (C=O) groups is 2. The van der Waals surface area contributed by atoms with Crippen LogP contribution in [0.1, 0.15) is 48.7 Å². The van der Waals surface area contributed by atoms with E-state index in [1.54, 1.807) is 12.3 Å². The molecule has 2 amide bonds. The number of amides is 2. The molecule has 3 aliphatic heterocycles. The summed E-state index contributed by atoms with van der Waals surface area (Å²) >= 11 is 6.13. The molecule has 7 rings (SSSR count). The van der Waals surface area contributed by atoms with Crippen LogP contribution in [0, 0.1) is 5.82 Å². The fourth-order valence-corrected chi connectivity index (χ4v) is 6.07. The average Bonchev–Trinajstić information content (AvgIpc) is 3.70. The summed E-state index contributed by atoms with van der Waals surface area (Å²) in [6, 6.07) is 8.69. The highest BCUT2D eigenvalue weighted by atomic mass is 35.5. The maximum atomic E-state index is 15.3. The van der Waals surface area contributed by atoms with Gasteiger partial charge in [-0.05, 0) is 77.1 Å². The third-order valence-electron chi connectivity index (χ3n) is 7.72. The van der Waals surface area contributed by atoms with Crippen LogP contribution in [-0.2, 0) is 16.0 Å². The smallest absolute Gasteiger partial charge is 0.247 e. The second-order valence-corrected chi connectivity index (χ2v) is 10.4. The zero-order chi connectivity index (χ0) is 26.7. The molecule has 1 fully saturated rings. The summed E-state index contributed by atoms with van der Waals surface area (Å²) in [6.45, 7) is 0. The van der Waals surface area contributed by atoms with Crippen molar-refractivity contribution in [3.8, 4) is 16.9 Å². The molecule has 2 N–H and O–H groups in total. The van der Waals surface area contributed by atoms with E-state index in [1.165, 1.54) is 23.2 Å². The number of aryl methyl sites for hydroxylation is 1. The van der Waals surface area contributed by atoms with E-state index in [0.29, 0.717) is 36.3 Å². The first-order valence-electron chi connectivity index (χ1n) is 12.7. The van der Waals surface area contributed by atoms with Gasteiger partial charge in [-0.15, -0.1) is 5.10 Å². The highest BCUT2D eigenvalue weighted by Crippen LogP contribution is 2.44. The molecule has 0 aliphatic carbocycles. The number of aromatic nitrogens is 6. The zero-order valence-corrected chi connectivity index (χ0v) is 21.3. The minimum Gasteiger partial charge on any atom is -0.340 e. The molecule has 4 aromatic rings. The maximum Gasteiger partial charge on any atom is 0.247 e. The third kappa shape index (κ3) is 4.00. The van der Waals surface area contributed by atoms with Crippen molar-refractivity contribution in [2.45, 2.75) is 44.2 Å². The first-order valence-corrected chi connectivity index (χ1v) is 13.1. The van der Waals surface area contributed by atoms with Gasteiger partial charge in [-0.2, -0.15) is 4.68 Å². The molecule has 2 aromatic heterocycles. The first kappa shape index (κ1) is 23.7. The van der Waals surface area contributed by atoms with Crippen LogP contribution in [0.25, 0.3) is 22.5 Å². The van der Waals surface area contributed by atoms with Crippen molar-refractivity contribution >= 4 is 34.7 Å². The number of carbonyl (C=O) groups excluding carboxylic acids is 2. The number of rotatable bonds is 4. The van der Waals surface area contributed by atoms with E-state index in [2.05, 4.69) is 36.9 Å². The molecule has 0 saturated carbocycles. The lowest BCUT2D eigenvalue weighted by Crippen LogP contribution is -2.39. The Bertz CT molecular complexity index is 1660. The monoisotopic (exact) mass is 544 g/mol. The predicted octanol–water partition coefficient (Wildman–Crippen LogP) is 4.25. The number of benzene rings is 2. The molecule has 12 heteroatoms. The molecule has 10 nitrogen and oxygen atoms in total. The van der Waals surface area contributed by atoms with Gasteiger partial charge >= 0.3 is 0 Å². The molecular weight excluding hydrogens is 523 g/mol. The molecule has 0 unspecified atom stereocenters. The van der Waals surface area contributed by atoms with Crippen LogP contribution in [0.4, 0.5) is 10.1 Å². The fraction of sp³-hybridized carbons (Fsp3) is 0.259. The molecule has 0 spiro atoms. The number of nitrogens with one attached hydrogen (secondary N) is 2. The lowest BCUT2D eigenvalue weighted by molar-refractivity contribution is -0.129. The normalized spacial score (nSPS) is 20.5. The second-order valence-electron chi connectivity index (χ2n) is 9.98. The van der Waals surface area contributed by atoms with Crippen LogP contribution < -0.4 is 5.32 Å². The van der Waals surface area contributed by atoms with Gasteiger partial charge in [0.2, 0.25) is 11.8 Å². The lowest BCUT2D eigenvalue weighted by Gasteiger charge is -2.33. The molecule has 5 heterocycles. The van der Waals surface area contributed by atoms with E-state index in [-0.39, 0.29) is 34.5 Å². The minimum absolute atomic E-state index is 0.0306. The van der Waals surface area contributed by atoms with Gasteiger partial charge in [-0.25, -0.2) is 9.37 Å². The molecule has 2 aromatic carbocycles. The predicted molar refractivity (Wildman–Crippen MR) is 140 cm³/mol. The van der Waals surface area contributed by atoms with Gasteiger partial charge in [0.05, 0.1) is 28.6 Å². The van der Waals surface area contributed by atoms with Gasteiger partial charge in [0.25, 0.3) is 0 Å². The number of fused-ring (bicyclic) bond motifs is 2. The molecule has 3 aliphatic rings. The Morgan fingerprint density at radius 2 is 2.00 bits per heavy atom. The van der Waals surface area contributed by atoms with Crippen molar-refractivity contribution in [3.63, 3.8) is 0 Å². The van der Waals surface area contributed by atoms with Gasteiger partial charge < -0.3 is 15.2 Å².